The predicted octanol–water partition coefficient (Wildman–Crippen LogP) is 0.636. The van der Waals surface area contributed by atoms with Crippen LogP contribution in [-0.4, -0.2) is 40.4 Å². The Labute approximate surface area is 127 Å². The van der Waals surface area contributed by atoms with Gasteiger partial charge in [-0.3, -0.25) is 0 Å². The van der Waals surface area contributed by atoms with Gasteiger partial charge < -0.3 is 15.4 Å². The maximum atomic E-state index is 12.0. The summed E-state index contributed by atoms with van der Waals surface area (Å²) in [7, 11) is -3.28. The molecule has 10 heteroatoms. The van der Waals surface area contributed by atoms with Crippen LogP contribution in [0.4, 0.5) is 13.6 Å². The molecular formula is C12H17F2N3O4S. The standard InChI is InChI=1S/C12H17F2N3O4S/c1-22(19,20)17-7-6-15-12(18)16-8-9-2-4-10(5-3-9)21-11(13)14/h2-5,11,17H,6-8H2,1H3,(H2,15,16,18). The number of rotatable bonds is 8. The van der Waals surface area contributed by atoms with Crippen molar-refractivity contribution in [3.8, 4) is 5.75 Å². The molecule has 0 radical (unpaired) electrons. The summed E-state index contributed by atoms with van der Waals surface area (Å²) in [6.45, 7) is -2.46. The molecule has 0 saturated carbocycles. The number of nitrogens with one attached hydrogen (secondary N) is 3. The van der Waals surface area contributed by atoms with E-state index in [9.17, 15) is 22.0 Å². The Kier molecular flexibility index (Phi) is 6.99. The molecule has 0 bridgehead atoms. The summed E-state index contributed by atoms with van der Waals surface area (Å²) in [6, 6.07) is 5.36. The molecule has 0 aromatic heterocycles. The quantitative estimate of drug-likeness (QED) is 0.607. The molecule has 7 nitrogen and oxygen atoms in total. The highest BCUT2D eigenvalue weighted by Gasteiger charge is 2.05. The van der Waals surface area contributed by atoms with Gasteiger partial charge in [0.05, 0.1) is 6.26 Å². The van der Waals surface area contributed by atoms with E-state index in [0.29, 0.717) is 5.56 Å². The van der Waals surface area contributed by atoms with Crippen molar-refractivity contribution in [1.82, 2.24) is 15.4 Å². The van der Waals surface area contributed by atoms with Crippen molar-refractivity contribution >= 4 is 16.1 Å². The van der Waals surface area contributed by atoms with E-state index in [4.69, 9.17) is 0 Å². The van der Waals surface area contributed by atoms with Crippen molar-refractivity contribution in [1.29, 1.82) is 0 Å². The number of alkyl halides is 2. The van der Waals surface area contributed by atoms with Gasteiger partial charge in [0.15, 0.2) is 0 Å². The van der Waals surface area contributed by atoms with Gasteiger partial charge in [0.2, 0.25) is 10.0 Å². The van der Waals surface area contributed by atoms with Crippen LogP contribution in [0.5, 0.6) is 5.75 Å². The number of amides is 2. The van der Waals surface area contributed by atoms with E-state index in [2.05, 4.69) is 20.1 Å². The van der Waals surface area contributed by atoms with Crippen LogP contribution < -0.4 is 20.1 Å². The Morgan fingerprint density at radius 3 is 2.36 bits per heavy atom. The van der Waals surface area contributed by atoms with Crippen molar-refractivity contribution in [3.63, 3.8) is 0 Å². The zero-order valence-corrected chi connectivity index (χ0v) is 12.6. The van der Waals surface area contributed by atoms with Gasteiger partial charge >= 0.3 is 12.6 Å². The number of benzene rings is 1. The van der Waals surface area contributed by atoms with E-state index < -0.39 is 22.7 Å². The van der Waals surface area contributed by atoms with E-state index in [-0.39, 0.29) is 25.4 Å². The molecule has 22 heavy (non-hydrogen) atoms. The Bertz CT molecular complexity index is 579. The summed E-state index contributed by atoms with van der Waals surface area (Å²) in [5.74, 6) is 0.0371. The lowest BCUT2D eigenvalue weighted by Crippen LogP contribution is -2.39. The van der Waals surface area contributed by atoms with Crippen LogP contribution in [0.25, 0.3) is 0 Å². The third-order valence-electron chi connectivity index (χ3n) is 2.38. The first-order chi connectivity index (χ1) is 10.3. The molecular weight excluding hydrogens is 320 g/mol. The molecule has 0 aliphatic rings. The fraction of sp³-hybridized carbons (Fsp3) is 0.417. The average molecular weight is 337 g/mol. The Balaban J connectivity index is 2.26. The fourth-order valence-corrected chi connectivity index (χ4v) is 1.92. The van der Waals surface area contributed by atoms with Crippen molar-refractivity contribution < 1.29 is 26.7 Å². The normalized spacial score (nSPS) is 11.3. The second kappa shape index (κ2) is 8.49. The minimum atomic E-state index is -3.28. The maximum Gasteiger partial charge on any atom is 0.387 e. The summed E-state index contributed by atoms with van der Waals surface area (Å²) >= 11 is 0. The first-order valence-corrected chi connectivity index (χ1v) is 8.15. The van der Waals surface area contributed by atoms with Gasteiger partial charge in [-0.05, 0) is 17.7 Å². The van der Waals surface area contributed by atoms with Crippen LogP contribution in [0.3, 0.4) is 0 Å². The summed E-state index contributed by atoms with van der Waals surface area (Å²) in [5.41, 5.74) is 0.700. The number of ether oxygens (including phenoxy) is 1. The van der Waals surface area contributed by atoms with E-state index in [0.717, 1.165) is 6.26 Å². The van der Waals surface area contributed by atoms with E-state index in [1.807, 2.05) is 0 Å². The van der Waals surface area contributed by atoms with Crippen molar-refractivity contribution in [2.45, 2.75) is 13.2 Å². The van der Waals surface area contributed by atoms with Gasteiger partial charge in [0.1, 0.15) is 5.75 Å². The SMILES string of the molecule is CS(=O)(=O)NCCNC(=O)NCc1ccc(OC(F)F)cc1. The monoisotopic (exact) mass is 337 g/mol. The highest BCUT2D eigenvalue weighted by Crippen LogP contribution is 2.14. The van der Waals surface area contributed by atoms with Gasteiger partial charge in [-0.25, -0.2) is 17.9 Å². The molecule has 0 heterocycles. The van der Waals surface area contributed by atoms with Crippen LogP contribution in [0.2, 0.25) is 0 Å². The predicted molar refractivity (Wildman–Crippen MR) is 76.2 cm³/mol. The summed E-state index contributed by atoms with van der Waals surface area (Å²) in [5, 5.41) is 5.00. The van der Waals surface area contributed by atoms with Crippen molar-refractivity contribution in [3.05, 3.63) is 29.8 Å². The lowest BCUT2D eigenvalue weighted by molar-refractivity contribution is -0.0498. The number of urea groups is 1. The molecule has 124 valence electrons. The van der Waals surface area contributed by atoms with Crippen LogP contribution in [0.1, 0.15) is 5.56 Å². The Hall–Kier alpha value is -1.94. The second-order valence-electron chi connectivity index (χ2n) is 4.30. The van der Waals surface area contributed by atoms with Gasteiger partial charge in [0.25, 0.3) is 0 Å². The fourth-order valence-electron chi connectivity index (χ4n) is 1.45. The topological polar surface area (TPSA) is 96.5 Å². The highest BCUT2D eigenvalue weighted by atomic mass is 32.2. The molecule has 0 spiro atoms. The first kappa shape index (κ1) is 18.1. The lowest BCUT2D eigenvalue weighted by Gasteiger charge is -2.09. The van der Waals surface area contributed by atoms with E-state index in [1.165, 1.54) is 12.1 Å². The molecule has 0 unspecified atom stereocenters. The van der Waals surface area contributed by atoms with Gasteiger partial charge in [0, 0.05) is 19.6 Å². The molecule has 0 aliphatic carbocycles. The number of sulfonamides is 1. The third kappa shape index (κ3) is 8.37. The molecule has 2 amide bonds. The van der Waals surface area contributed by atoms with E-state index in [1.54, 1.807) is 12.1 Å². The van der Waals surface area contributed by atoms with Crippen LogP contribution in [-0.2, 0) is 16.6 Å². The summed E-state index contributed by atoms with van der Waals surface area (Å²) in [4.78, 5) is 11.4. The Morgan fingerprint density at radius 1 is 1.18 bits per heavy atom. The summed E-state index contributed by atoms with van der Waals surface area (Å²) in [6.07, 6.45) is 1.02. The minimum absolute atomic E-state index is 0.0371. The van der Waals surface area contributed by atoms with Gasteiger partial charge in [-0.15, -0.1) is 0 Å². The molecule has 1 aromatic carbocycles. The smallest absolute Gasteiger partial charge is 0.387 e. The number of hydrogen-bond acceptors (Lipinski definition) is 4. The van der Waals surface area contributed by atoms with Crippen molar-refractivity contribution in [2.24, 2.45) is 0 Å². The third-order valence-corrected chi connectivity index (χ3v) is 3.10. The van der Waals surface area contributed by atoms with Crippen LogP contribution in [0, 0.1) is 0 Å². The Morgan fingerprint density at radius 2 is 1.82 bits per heavy atom. The highest BCUT2D eigenvalue weighted by molar-refractivity contribution is 7.88. The van der Waals surface area contributed by atoms with Crippen LogP contribution >= 0.6 is 0 Å². The number of halogens is 2. The largest absolute Gasteiger partial charge is 0.435 e. The zero-order chi connectivity index (χ0) is 16.6. The molecule has 0 saturated heterocycles. The maximum absolute atomic E-state index is 12.0. The molecule has 0 aliphatic heterocycles. The zero-order valence-electron chi connectivity index (χ0n) is 11.8. The molecule has 0 fully saturated rings. The first-order valence-electron chi connectivity index (χ1n) is 6.26. The van der Waals surface area contributed by atoms with Gasteiger partial charge in [-0.2, -0.15) is 8.78 Å². The number of hydrogen-bond donors (Lipinski definition) is 3. The average Bonchev–Trinajstić information content (AvgIpc) is 2.41. The lowest BCUT2D eigenvalue weighted by atomic mass is 10.2. The summed E-state index contributed by atoms with van der Waals surface area (Å²) < 4.78 is 51.9. The molecule has 3 N–H and O–H groups in total. The molecule has 0 atom stereocenters. The molecule has 1 rings (SSSR count). The van der Waals surface area contributed by atoms with Gasteiger partial charge in [-0.1, -0.05) is 12.1 Å². The number of carbonyl (C=O) groups excluding carboxylic acids is 1. The number of carbonyl (C=O) groups is 1. The van der Waals surface area contributed by atoms with E-state index >= 15 is 0 Å². The minimum Gasteiger partial charge on any atom is -0.435 e. The van der Waals surface area contributed by atoms with Crippen molar-refractivity contribution in [2.75, 3.05) is 19.3 Å². The van der Waals surface area contributed by atoms with Crippen LogP contribution in [0.15, 0.2) is 24.3 Å². The molecule has 1 aromatic rings. The second-order valence-corrected chi connectivity index (χ2v) is 6.13.